The molecule has 0 aromatic heterocycles. The average molecular weight is 226 g/mol. The lowest BCUT2D eigenvalue weighted by atomic mass is 9.95. The predicted octanol–water partition coefficient (Wildman–Crippen LogP) is 1.93. The van der Waals surface area contributed by atoms with E-state index in [4.69, 9.17) is 0 Å². The predicted molar refractivity (Wildman–Crippen MR) is 67.3 cm³/mol. The van der Waals surface area contributed by atoms with Gasteiger partial charge in [0.25, 0.3) is 0 Å². The van der Waals surface area contributed by atoms with Crippen molar-refractivity contribution in [1.82, 2.24) is 10.6 Å². The Morgan fingerprint density at radius 1 is 1.44 bits per heavy atom. The van der Waals surface area contributed by atoms with Crippen molar-refractivity contribution in [1.29, 1.82) is 0 Å². The highest BCUT2D eigenvalue weighted by molar-refractivity contribution is 5.76. The zero-order valence-electron chi connectivity index (χ0n) is 10.9. The molecule has 0 spiro atoms. The molecule has 94 valence electrons. The lowest BCUT2D eigenvalue weighted by molar-refractivity contribution is -0.122. The van der Waals surface area contributed by atoms with Crippen LogP contribution in [0.3, 0.4) is 0 Å². The summed E-state index contributed by atoms with van der Waals surface area (Å²) in [4.78, 5) is 11.8. The zero-order chi connectivity index (χ0) is 12.0. The molecule has 0 aromatic carbocycles. The van der Waals surface area contributed by atoms with Gasteiger partial charge in [0.05, 0.1) is 0 Å². The lowest BCUT2D eigenvalue weighted by Gasteiger charge is -2.23. The summed E-state index contributed by atoms with van der Waals surface area (Å²) in [6.45, 7) is 8.59. The van der Waals surface area contributed by atoms with Crippen molar-refractivity contribution in [3.8, 4) is 0 Å². The summed E-state index contributed by atoms with van der Waals surface area (Å²) < 4.78 is 0. The quantitative estimate of drug-likeness (QED) is 0.752. The van der Waals surface area contributed by atoms with Gasteiger partial charge >= 0.3 is 0 Å². The molecule has 1 fully saturated rings. The number of nitrogens with one attached hydrogen (secondary N) is 2. The van der Waals surface area contributed by atoms with E-state index in [1.165, 1.54) is 12.8 Å². The van der Waals surface area contributed by atoms with Crippen LogP contribution in [0.25, 0.3) is 0 Å². The monoisotopic (exact) mass is 226 g/mol. The molecule has 3 nitrogen and oxygen atoms in total. The maximum absolute atomic E-state index is 11.8. The van der Waals surface area contributed by atoms with Crippen molar-refractivity contribution in [2.45, 2.75) is 52.5 Å². The van der Waals surface area contributed by atoms with Crippen molar-refractivity contribution in [3.05, 3.63) is 0 Å². The van der Waals surface area contributed by atoms with Crippen molar-refractivity contribution >= 4 is 5.91 Å². The number of carbonyl (C=O) groups excluding carboxylic acids is 1. The fourth-order valence-electron chi connectivity index (χ4n) is 2.46. The first-order valence-corrected chi connectivity index (χ1v) is 6.58. The summed E-state index contributed by atoms with van der Waals surface area (Å²) in [6.07, 6.45) is 4.16. The third-order valence-electron chi connectivity index (χ3n) is 3.11. The summed E-state index contributed by atoms with van der Waals surface area (Å²) in [7, 11) is 0. The molecule has 0 aromatic rings. The maximum Gasteiger partial charge on any atom is 0.220 e. The largest absolute Gasteiger partial charge is 0.354 e. The summed E-state index contributed by atoms with van der Waals surface area (Å²) in [5.74, 6) is 1.41. The Kier molecular flexibility index (Phi) is 5.81. The molecule has 0 aliphatic carbocycles. The molecule has 1 aliphatic rings. The van der Waals surface area contributed by atoms with Crippen molar-refractivity contribution in [2.75, 3.05) is 13.1 Å². The molecular weight excluding hydrogens is 200 g/mol. The second kappa shape index (κ2) is 6.89. The number of rotatable bonds is 5. The Morgan fingerprint density at radius 2 is 2.19 bits per heavy atom. The second-order valence-corrected chi connectivity index (χ2v) is 5.51. The highest BCUT2D eigenvalue weighted by Crippen LogP contribution is 2.14. The fourth-order valence-corrected chi connectivity index (χ4v) is 2.46. The minimum absolute atomic E-state index is 0.224. The number of carbonyl (C=O) groups is 1. The molecular formula is C13H26N2O. The Hall–Kier alpha value is -0.570. The van der Waals surface area contributed by atoms with Gasteiger partial charge in [0.15, 0.2) is 0 Å². The maximum atomic E-state index is 11.8. The van der Waals surface area contributed by atoms with Gasteiger partial charge in [-0.25, -0.2) is 0 Å². The molecule has 3 heteroatoms. The van der Waals surface area contributed by atoms with Crippen LogP contribution in [0.2, 0.25) is 0 Å². The van der Waals surface area contributed by atoms with Crippen LogP contribution < -0.4 is 10.6 Å². The van der Waals surface area contributed by atoms with E-state index in [1.807, 2.05) is 0 Å². The van der Waals surface area contributed by atoms with E-state index >= 15 is 0 Å². The fraction of sp³-hybridized carbons (Fsp3) is 0.923. The summed E-state index contributed by atoms with van der Waals surface area (Å²) in [5, 5.41) is 6.44. The van der Waals surface area contributed by atoms with Crippen LogP contribution >= 0.6 is 0 Å². The third kappa shape index (κ3) is 5.50. The topological polar surface area (TPSA) is 41.1 Å². The SMILES string of the molecule is CC(C)CC(C)NC(=O)CC1CCCNC1. The molecule has 2 unspecified atom stereocenters. The Bertz CT molecular complexity index is 210. The van der Waals surface area contributed by atoms with E-state index in [0.717, 1.165) is 19.5 Å². The summed E-state index contributed by atoms with van der Waals surface area (Å²) in [6, 6.07) is 0.309. The van der Waals surface area contributed by atoms with Gasteiger partial charge in [0.2, 0.25) is 5.91 Å². The van der Waals surface area contributed by atoms with Gasteiger partial charge in [-0.05, 0) is 51.1 Å². The first kappa shape index (κ1) is 13.5. The number of amides is 1. The van der Waals surface area contributed by atoms with Gasteiger partial charge in [-0.15, -0.1) is 0 Å². The van der Waals surface area contributed by atoms with Crippen molar-refractivity contribution in [2.24, 2.45) is 11.8 Å². The zero-order valence-corrected chi connectivity index (χ0v) is 10.9. The van der Waals surface area contributed by atoms with Crippen molar-refractivity contribution in [3.63, 3.8) is 0 Å². The van der Waals surface area contributed by atoms with Crippen LogP contribution in [0.15, 0.2) is 0 Å². The van der Waals surface area contributed by atoms with Crippen LogP contribution in [0, 0.1) is 11.8 Å². The summed E-state index contributed by atoms with van der Waals surface area (Å²) in [5.41, 5.74) is 0. The molecule has 1 rings (SSSR count). The first-order valence-electron chi connectivity index (χ1n) is 6.58. The normalized spacial score (nSPS) is 23.1. The van der Waals surface area contributed by atoms with Crippen LogP contribution in [0.1, 0.15) is 46.5 Å². The molecule has 2 N–H and O–H groups in total. The van der Waals surface area contributed by atoms with E-state index < -0.39 is 0 Å². The van der Waals surface area contributed by atoms with Crippen LogP contribution in [0.5, 0.6) is 0 Å². The van der Waals surface area contributed by atoms with Gasteiger partial charge in [-0.2, -0.15) is 0 Å². The number of hydrogen-bond donors (Lipinski definition) is 2. The van der Waals surface area contributed by atoms with Gasteiger partial charge < -0.3 is 10.6 Å². The Morgan fingerprint density at radius 3 is 2.75 bits per heavy atom. The molecule has 0 saturated carbocycles. The Labute approximate surface area is 99.4 Å². The van der Waals surface area contributed by atoms with E-state index in [1.54, 1.807) is 0 Å². The third-order valence-corrected chi connectivity index (χ3v) is 3.11. The van der Waals surface area contributed by atoms with Crippen molar-refractivity contribution < 1.29 is 4.79 Å². The Balaban J connectivity index is 2.18. The molecule has 1 heterocycles. The highest BCUT2D eigenvalue weighted by Gasteiger charge is 2.17. The minimum Gasteiger partial charge on any atom is -0.354 e. The van der Waals surface area contributed by atoms with Crippen LogP contribution in [0.4, 0.5) is 0 Å². The minimum atomic E-state index is 0.224. The number of hydrogen-bond acceptors (Lipinski definition) is 2. The highest BCUT2D eigenvalue weighted by atomic mass is 16.1. The molecule has 1 aliphatic heterocycles. The standard InChI is InChI=1S/C13H26N2O/c1-10(2)7-11(3)15-13(16)8-12-5-4-6-14-9-12/h10-12,14H,4-9H2,1-3H3,(H,15,16). The van der Waals surface area contributed by atoms with Gasteiger partial charge in [0.1, 0.15) is 0 Å². The molecule has 16 heavy (non-hydrogen) atoms. The van der Waals surface area contributed by atoms with E-state index in [9.17, 15) is 4.79 Å². The van der Waals surface area contributed by atoms with Crippen LogP contribution in [-0.2, 0) is 4.79 Å². The average Bonchev–Trinajstić information content (AvgIpc) is 2.17. The lowest BCUT2D eigenvalue weighted by Crippen LogP contribution is -2.37. The number of piperidine rings is 1. The smallest absolute Gasteiger partial charge is 0.220 e. The first-order chi connectivity index (χ1) is 7.58. The van der Waals surface area contributed by atoms with Gasteiger partial charge in [-0.1, -0.05) is 13.8 Å². The van der Waals surface area contributed by atoms with E-state index in [0.29, 0.717) is 24.3 Å². The molecule has 2 atom stereocenters. The van der Waals surface area contributed by atoms with Gasteiger partial charge in [-0.3, -0.25) is 4.79 Å². The molecule has 1 saturated heterocycles. The van der Waals surface area contributed by atoms with Crippen LogP contribution in [-0.4, -0.2) is 25.0 Å². The summed E-state index contributed by atoms with van der Waals surface area (Å²) >= 11 is 0. The second-order valence-electron chi connectivity index (χ2n) is 5.51. The van der Waals surface area contributed by atoms with Gasteiger partial charge in [0, 0.05) is 12.5 Å². The molecule has 0 bridgehead atoms. The van der Waals surface area contributed by atoms with E-state index in [2.05, 4.69) is 31.4 Å². The van der Waals surface area contributed by atoms with E-state index in [-0.39, 0.29) is 5.91 Å². The molecule has 0 radical (unpaired) electrons. The molecule has 1 amide bonds.